The number of nitrogens with two attached hydrogens (primary N) is 1. The molecule has 2 N–H and O–H groups in total. The molecule has 0 aromatic heterocycles. The number of rotatable bonds is 5. The highest BCUT2D eigenvalue weighted by atomic mass is 19.4. The average molecular weight is 240 g/mol. The van der Waals surface area contributed by atoms with Gasteiger partial charge in [0.05, 0.1) is 6.61 Å². The molecule has 1 aliphatic rings. The van der Waals surface area contributed by atoms with Gasteiger partial charge in [-0.25, -0.2) is 0 Å². The van der Waals surface area contributed by atoms with E-state index in [9.17, 15) is 13.2 Å². The molecule has 0 radical (unpaired) electrons. The molecule has 16 heavy (non-hydrogen) atoms. The smallest absolute Gasteiger partial charge is 0.371 e. The van der Waals surface area contributed by atoms with Crippen molar-refractivity contribution in [3.8, 4) is 0 Å². The summed E-state index contributed by atoms with van der Waals surface area (Å²) in [6.45, 7) is 3.97. The summed E-state index contributed by atoms with van der Waals surface area (Å²) in [4.78, 5) is 2.10. The SMILES string of the molecule is CC1(CN)CCN(CCOCC(F)(F)F)C1. The van der Waals surface area contributed by atoms with Gasteiger partial charge in [-0.2, -0.15) is 13.2 Å². The van der Waals surface area contributed by atoms with Gasteiger partial charge >= 0.3 is 6.18 Å². The van der Waals surface area contributed by atoms with Crippen LogP contribution in [0.4, 0.5) is 13.2 Å². The molecular weight excluding hydrogens is 221 g/mol. The van der Waals surface area contributed by atoms with Gasteiger partial charge in [-0.05, 0) is 24.9 Å². The minimum Gasteiger partial charge on any atom is -0.371 e. The van der Waals surface area contributed by atoms with Crippen LogP contribution in [0.15, 0.2) is 0 Å². The Kier molecular flexibility index (Phi) is 4.58. The summed E-state index contributed by atoms with van der Waals surface area (Å²) in [7, 11) is 0. The summed E-state index contributed by atoms with van der Waals surface area (Å²) in [5, 5.41) is 0. The van der Waals surface area contributed by atoms with Gasteiger partial charge in [0, 0.05) is 13.1 Å². The molecule has 0 amide bonds. The van der Waals surface area contributed by atoms with E-state index in [1.807, 2.05) is 0 Å². The van der Waals surface area contributed by atoms with E-state index in [1.54, 1.807) is 0 Å². The maximum absolute atomic E-state index is 11.8. The molecule has 1 saturated heterocycles. The molecule has 6 heteroatoms. The fourth-order valence-electron chi connectivity index (χ4n) is 1.86. The van der Waals surface area contributed by atoms with E-state index in [-0.39, 0.29) is 12.0 Å². The number of hydrogen-bond donors (Lipinski definition) is 1. The molecule has 0 aromatic carbocycles. The molecule has 0 saturated carbocycles. The van der Waals surface area contributed by atoms with Gasteiger partial charge in [-0.15, -0.1) is 0 Å². The Morgan fingerprint density at radius 1 is 1.44 bits per heavy atom. The third kappa shape index (κ3) is 4.67. The topological polar surface area (TPSA) is 38.5 Å². The molecule has 0 aromatic rings. The molecule has 0 spiro atoms. The number of halogens is 3. The van der Waals surface area contributed by atoms with Crippen molar-refractivity contribution in [1.29, 1.82) is 0 Å². The van der Waals surface area contributed by atoms with Gasteiger partial charge < -0.3 is 15.4 Å². The van der Waals surface area contributed by atoms with Crippen LogP contribution in [0.1, 0.15) is 13.3 Å². The third-order valence-corrected chi connectivity index (χ3v) is 2.95. The van der Waals surface area contributed by atoms with Crippen molar-refractivity contribution in [2.75, 3.05) is 39.4 Å². The molecular formula is C10H19F3N2O. The van der Waals surface area contributed by atoms with E-state index >= 15 is 0 Å². The summed E-state index contributed by atoms with van der Waals surface area (Å²) in [6, 6.07) is 0. The highest BCUT2D eigenvalue weighted by Crippen LogP contribution is 2.28. The van der Waals surface area contributed by atoms with E-state index in [2.05, 4.69) is 16.6 Å². The second-order valence-corrected chi connectivity index (χ2v) is 4.71. The normalized spacial score (nSPS) is 27.6. The lowest BCUT2D eigenvalue weighted by molar-refractivity contribution is -0.174. The van der Waals surface area contributed by atoms with Crippen molar-refractivity contribution < 1.29 is 17.9 Å². The predicted octanol–water partition coefficient (Wildman–Crippen LogP) is 1.24. The Morgan fingerprint density at radius 3 is 2.62 bits per heavy atom. The Balaban J connectivity index is 2.12. The van der Waals surface area contributed by atoms with Gasteiger partial charge in [0.15, 0.2) is 0 Å². The first-order valence-corrected chi connectivity index (χ1v) is 5.42. The van der Waals surface area contributed by atoms with E-state index in [0.717, 1.165) is 19.5 Å². The monoisotopic (exact) mass is 240 g/mol. The minimum absolute atomic E-state index is 0.115. The quantitative estimate of drug-likeness (QED) is 0.735. The molecule has 1 unspecified atom stereocenters. The molecule has 1 heterocycles. The van der Waals surface area contributed by atoms with Crippen LogP contribution in [0, 0.1) is 5.41 Å². The van der Waals surface area contributed by atoms with Crippen LogP contribution in [0.3, 0.4) is 0 Å². The van der Waals surface area contributed by atoms with Crippen LogP contribution in [-0.2, 0) is 4.74 Å². The molecule has 96 valence electrons. The van der Waals surface area contributed by atoms with Crippen LogP contribution in [-0.4, -0.2) is 50.5 Å². The van der Waals surface area contributed by atoms with E-state index in [4.69, 9.17) is 5.73 Å². The Bertz CT molecular complexity index is 223. The van der Waals surface area contributed by atoms with Crippen LogP contribution in [0.5, 0.6) is 0 Å². The first-order valence-electron chi connectivity index (χ1n) is 5.42. The average Bonchev–Trinajstić information content (AvgIpc) is 2.55. The van der Waals surface area contributed by atoms with E-state index in [0.29, 0.717) is 13.1 Å². The number of alkyl halides is 3. The van der Waals surface area contributed by atoms with Gasteiger partial charge in [-0.3, -0.25) is 0 Å². The molecule has 3 nitrogen and oxygen atoms in total. The van der Waals surface area contributed by atoms with Crippen LogP contribution < -0.4 is 5.73 Å². The van der Waals surface area contributed by atoms with Gasteiger partial charge in [0.2, 0.25) is 0 Å². The van der Waals surface area contributed by atoms with Crippen LogP contribution in [0.25, 0.3) is 0 Å². The summed E-state index contributed by atoms with van der Waals surface area (Å²) < 4.78 is 39.9. The second kappa shape index (κ2) is 5.33. The number of likely N-dealkylation sites (tertiary alicyclic amines) is 1. The summed E-state index contributed by atoms with van der Waals surface area (Å²) >= 11 is 0. The summed E-state index contributed by atoms with van der Waals surface area (Å²) in [6.07, 6.45) is -3.22. The maximum Gasteiger partial charge on any atom is 0.411 e. The molecule has 1 atom stereocenters. The Labute approximate surface area is 93.7 Å². The molecule has 0 aliphatic carbocycles. The van der Waals surface area contributed by atoms with Crippen LogP contribution >= 0.6 is 0 Å². The van der Waals surface area contributed by atoms with Crippen LogP contribution in [0.2, 0.25) is 0 Å². The van der Waals surface area contributed by atoms with E-state index < -0.39 is 12.8 Å². The van der Waals surface area contributed by atoms with Crippen molar-refractivity contribution in [2.45, 2.75) is 19.5 Å². The Morgan fingerprint density at radius 2 is 2.12 bits per heavy atom. The third-order valence-electron chi connectivity index (χ3n) is 2.95. The molecule has 0 bridgehead atoms. The summed E-state index contributed by atoms with van der Waals surface area (Å²) in [5.74, 6) is 0. The van der Waals surface area contributed by atoms with Gasteiger partial charge in [0.1, 0.15) is 6.61 Å². The van der Waals surface area contributed by atoms with Crippen molar-refractivity contribution in [3.63, 3.8) is 0 Å². The number of ether oxygens (including phenoxy) is 1. The van der Waals surface area contributed by atoms with Gasteiger partial charge in [-0.1, -0.05) is 6.92 Å². The highest BCUT2D eigenvalue weighted by molar-refractivity contribution is 4.86. The largest absolute Gasteiger partial charge is 0.411 e. The zero-order valence-corrected chi connectivity index (χ0v) is 9.52. The van der Waals surface area contributed by atoms with Crippen molar-refractivity contribution in [1.82, 2.24) is 4.90 Å². The van der Waals surface area contributed by atoms with Crippen molar-refractivity contribution in [3.05, 3.63) is 0 Å². The molecule has 1 aliphatic heterocycles. The van der Waals surface area contributed by atoms with Crippen molar-refractivity contribution in [2.24, 2.45) is 11.1 Å². The molecule has 1 rings (SSSR count). The van der Waals surface area contributed by atoms with Crippen molar-refractivity contribution >= 4 is 0 Å². The Hall–Kier alpha value is -0.330. The molecule has 1 fully saturated rings. The lowest BCUT2D eigenvalue weighted by Gasteiger charge is -2.22. The second-order valence-electron chi connectivity index (χ2n) is 4.71. The number of hydrogen-bond acceptors (Lipinski definition) is 3. The minimum atomic E-state index is -4.23. The fraction of sp³-hybridized carbons (Fsp3) is 1.00. The number of nitrogens with zero attached hydrogens (tertiary/aromatic N) is 1. The first kappa shape index (κ1) is 13.7. The first-order chi connectivity index (χ1) is 7.35. The predicted molar refractivity (Wildman–Crippen MR) is 55.1 cm³/mol. The zero-order chi connectivity index (χ0) is 12.2. The highest BCUT2D eigenvalue weighted by Gasteiger charge is 2.32. The van der Waals surface area contributed by atoms with E-state index in [1.165, 1.54) is 0 Å². The fourth-order valence-corrected chi connectivity index (χ4v) is 1.86. The van der Waals surface area contributed by atoms with Gasteiger partial charge in [0.25, 0.3) is 0 Å². The maximum atomic E-state index is 11.8. The lowest BCUT2D eigenvalue weighted by atomic mass is 9.90. The lowest BCUT2D eigenvalue weighted by Crippen LogP contribution is -2.33. The zero-order valence-electron chi connectivity index (χ0n) is 9.52. The summed E-state index contributed by atoms with van der Waals surface area (Å²) in [5.41, 5.74) is 5.75. The standard InChI is InChI=1S/C10H19F3N2O/c1-9(6-14)2-3-15(7-9)4-5-16-8-10(11,12)13/h2-8,14H2,1H3.